The number of hydrogen-bond donors (Lipinski definition) is 1. The number of nitrogens with zero attached hydrogens (tertiary/aromatic N) is 5. The Bertz CT molecular complexity index is 911. The predicted molar refractivity (Wildman–Crippen MR) is 119 cm³/mol. The first-order valence-electron chi connectivity index (χ1n) is 10.8. The summed E-state index contributed by atoms with van der Waals surface area (Å²) in [4.78, 5) is 27.1. The van der Waals surface area contributed by atoms with Crippen LogP contribution in [-0.2, 0) is 9.53 Å². The highest BCUT2D eigenvalue weighted by molar-refractivity contribution is 5.77. The highest BCUT2D eigenvalue weighted by atomic mass is 19.1. The molecule has 0 unspecified atom stereocenters. The van der Waals surface area contributed by atoms with E-state index in [-0.39, 0.29) is 17.7 Å². The Labute approximate surface area is 181 Å². The molecule has 0 bridgehead atoms. The first kappa shape index (κ1) is 21.1. The smallest absolute Gasteiger partial charge is 0.309 e. The van der Waals surface area contributed by atoms with Gasteiger partial charge in [0.1, 0.15) is 17.8 Å². The first-order chi connectivity index (χ1) is 15.1. The van der Waals surface area contributed by atoms with Gasteiger partial charge in [0.2, 0.25) is 0 Å². The van der Waals surface area contributed by atoms with Crippen LogP contribution >= 0.6 is 0 Å². The average Bonchev–Trinajstić information content (AvgIpc) is 2.80. The van der Waals surface area contributed by atoms with Crippen LogP contribution in [0, 0.1) is 11.7 Å². The van der Waals surface area contributed by atoms with E-state index < -0.39 is 0 Å². The van der Waals surface area contributed by atoms with E-state index in [2.05, 4.69) is 19.8 Å². The number of esters is 1. The Morgan fingerprint density at radius 2 is 1.61 bits per heavy atom. The van der Waals surface area contributed by atoms with E-state index in [1.165, 1.54) is 6.07 Å². The van der Waals surface area contributed by atoms with Crippen LogP contribution < -0.4 is 20.4 Å². The molecule has 0 spiro atoms. The fourth-order valence-electron chi connectivity index (χ4n) is 4.34. The molecule has 31 heavy (non-hydrogen) atoms. The SMILES string of the molecule is CCOC(=O)C1CCN(c2ncnc(N3CCN(c4ccccc4F)CC3)c2N)CC1. The van der Waals surface area contributed by atoms with Crippen LogP contribution in [0.25, 0.3) is 0 Å². The lowest BCUT2D eigenvalue weighted by molar-refractivity contribution is -0.148. The fraction of sp³-hybridized carbons (Fsp3) is 0.500. The van der Waals surface area contributed by atoms with Crippen LogP contribution in [0.4, 0.5) is 27.4 Å². The van der Waals surface area contributed by atoms with E-state index in [0.717, 1.165) is 12.8 Å². The van der Waals surface area contributed by atoms with Gasteiger partial charge in [-0.05, 0) is 31.9 Å². The van der Waals surface area contributed by atoms with Gasteiger partial charge in [0.25, 0.3) is 0 Å². The summed E-state index contributed by atoms with van der Waals surface area (Å²) in [6.45, 7) is 6.39. The number of piperazine rings is 1. The molecular weight excluding hydrogens is 399 g/mol. The van der Waals surface area contributed by atoms with Gasteiger partial charge < -0.3 is 25.2 Å². The predicted octanol–water partition coefficient (Wildman–Crippen LogP) is 2.30. The normalized spacial score (nSPS) is 17.7. The zero-order valence-electron chi connectivity index (χ0n) is 17.8. The third-order valence-corrected chi connectivity index (χ3v) is 6.03. The molecule has 3 heterocycles. The monoisotopic (exact) mass is 428 g/mol. The van der Waals surface area contributed by atoms with Gasteiger partial charge in [0.05, 0.1) is 18.2 Å². The van der Waals surface area contributed by atoms with E-state index in [9.17, 15) is 9.18 Å². The van der Waals surface area contributed by atoms with Crippen molar-refractivity contribution in [3.63, 3.8) is 0 Å². The van der Waals surface area contributed by atoms with Crippen LogP contribution in [0.1, 0.15) is 19.8 Å². The quantitative estimate of drug-likeness (QED) is 0.726. The van der Waals surface area contributed by atoms with Crippen molar-refractivity contribution < 1.29 is 13.9 Å². The number of para-hydroxylation sites is 1. The number of hydrogen-bond acceptors (Lipinski definition) is 8. The van der Waals surface area contributed by atoms with Crippen LogP contribution in [0.5, 0.6) is 0 Å². The number of benzene rings is 1. The number of anilines is 4. The summed E-state index contributed by atoms with van der Waals surface area (Å²) in [6.07, 6.45) is 2.99. The van der Waals surface area contributed by atoms with Crippen LogP contribution in [0.3, 0.4) is 0 Å². The molecule has 0 radical (unpaired) electrons. The minimum absolute atomic E-state index is 0.0646. The molecule has 2 aromatic rings. The molecule has 1 aromatic heterocycles. The van der Waals surface area contributed by atoms with Gasteiger partial charge in [-0.15, -0.1) is 0 Å². The average molecular weight is 429 g/mol. The van der Waals surface area contributed by atoms with Crippen molar-refractivity contribution in [3.05, 3.63) is 36.4 Å². The van der Waals surface area contributed by atoms with E-state index in [4.69, 9.17) is 10.5 Å². The summed E-state index contributed by atoms with van der Waals surface area (Å²) in [5.41, 5.74) is 7.66. The summed E-state index contributed by atoms with van der Waals surface area (Å²) >= 11 is 0. The molecule has 2 saturated heterocycles. The number of nitrogens with two attached hydrogens (primary N) is 1. The molecule has 9 heteroatoms. The second-order valence-electron chi connectivity index (χ2n) is 7.87. The van der Waals surface area contributed by atoms with Crippen molar-refractivity contribution in [1.82, 2.24) is 9.97 Å². The van der Waals surface area contributed by atoms with Crippen molar-refractivity contribution in [3.8, 4) is 0 Å². The highest BCUT2D eigenvalue weighted by Gasteiger charge is 2.29. The number of piperidine rings is 1. The summed E-state index contributed by atoms with van der Waals surface area (Å²) in [5, 5.41) is 0. The number of rotatable bonds is 5. The second kappa shape index (κ2) is 9.36. The number of nitrogen functional groups attached to an aromatic ring is 1. The van der Waals surface area contributed by atoms with Gasteiger partial charge in [0.15, 0.2) is 11.6 Å². The lowest BCUT2D eigenvalue weighted by atomic mass is 9.97. The molecule has 2 fully saturated rings. The Morgan fingerprint density at radius 1 is 1.03 bits per heavy atom. The van der Waals surface area contributed by atoms with Gasteiger partial charge in [-0.2, -0.15) is 0 Å². The van der Waals surface area contributed by atoms with Gasteiger partial charge in [-0.25, -0.2) is 14.4 Å². The van der Waals surface area contributed by atoms with Crippen molar-refractivity contribution >= 4 is 29.0 Å². The van der Waals surface area contributed by atoms with Crippen molar-refractivity contribution in [2.75, 3.05) is 66.3 Å². The minimum Gasteiger partial charge on any atom is -0.466 e. The molecule has 1 aromatic carbocycles. The minimum atomic E-state index is -0.203. The summed E-state index contributed by atoms with van der Waals surface area (Å²) in [7, 11) is 0. The second-order valence-corrected chi connectivity index (χ2v) is 7.87. The molecule has 2 aliphatic heterocycles. The summed E-state index contributed by atoms with van der Waals surface area (Å²) in [6, 6.07) is 6.85. The Balaban J connectivity index is 1.41. The maximum Gasteiger partial charge on any atom is 0.309 e. The highest BCUT2D eigenvalue weighted by Crippen LogP contribution is 2.33. The maximum atomic E-state index is 14.1. The van der Waals surface area contributed by atoms with E-state index in [0.29, 0.717) is 68.9 Å². The number of halogens is 1. The standard InChI is InChI=1S/C22H29FN6O2/c1-2-31-22(30)16-7-9-28(10-8-16)20-19(24)21(26-15-25-20)29-13-11-27(12-14-29)18-6-4-3-5-17(18)23/h3-6,15-16H,2,7-14,24H2,1H3. The molecule has 4 rings (SSSR count). The maximum absolute atomic E-state index is 14.1. The first-order valence-corrected chi connectivity index (χ1v) is 10.8. The number of ether oxygens (including phenoxy) is 1. The molecule has 0 atom stereocenters. The van der Waals surface area contributed by atoms with Gasteiger partial charge in [-0.3, -0.25) is 4.79 Å². The van der Waals surface area contributed by atoms with Crippen LogP contribution in [0.15, 0.2) is 30.6 Å². The van der Waals surface area contributed by atoms with E-state index in [1.807, 2.05) is 24.0 Å². The fourth-order valence-corrected chi connectivity index (χ4v) is 4.34. The topological polar surface area (TPSA) is 87.8 Å². The van der Waals surface area contributed by atoms with Gasteiger partial charge in [-0.1, -0.05) is 12.1 Å². The third-order valence-electron chi connectivity index (χ3n) is 6.03. The molecule has 0 aliphatic carbocycles. The van der Waals surface area contributed by atoms with Crippen LogP contribution in [0.2, 0.25) is 0 Å². The molecule has 166 valence electrons. The van der Waals surface area contributed by atoms with E-state index in [1.54, 1.807) is 12.4 Å². The van der Waals surface area contributed by atoms with Crippen molar-refractivity contribution in [1.29, 1.82) is 0 Å². The number of carbonyl (C=O) groups is 1. The lowest BCUT2D eigenvalue weighted by Crippen LogP contribution is -2.47. The van der Waals surface area contributed by atoms with Crippen molar-refractivity contribution in [2.45, 2.75) is 19.8 Å². The Kier molecular flexibility index (Phi) is 6.39. The van der Waals surface area contributed by atoms with Gasteiger partial charge >= 0.3 is 5.97 Å². The molecular formula is C22H29FN6O2. The largest absolute Gasteiger partial charge is 0.466 e. The third kappa shape index (κ3) is 4.50. The number of carbonyl (C=O) groups excluding carboxylic acids is 1. The Hall–Kier alpha value is -3.10. The molecule has 8 nitrogen and oxygen atoms in total. The zero-order chi connectivity index (χ0) is 21.8. The zero-order valence-corrected chi connectivity index (χ0v) is 17.8. The lowest BCUT2D eigenvalue weighted by Gasteiger charge is -2.38. The summed E-state index contributed by atoms with van der Waals surface area (Å²) < 4.78 is 19.3. The molecule has 2 N–H and O–H groups in total. The van der Waals surface area contributed by atoms with Crippen molar-refractivity contribution in [2.24, 2.45) is 5.92 Å². The van der Waals surface area contributed by atoms with Gasteiger partial charge in [0, 0.05) is 39.3 Å². The molecule has 0 saturated carbocycles. The molecule has 2 aliphatic rings. The van der Waals surface area contributed by atoms with E-state index >= 15 is 0 Å². The molecule has 0 amide bonds. The van der Waals surface area contributed by atoms with Crippen LogP contribution in [-0.4, -0.2) is 61.8 Å². The Morgan fingerprint density at radius 3 is 2.23 bits per heavy atom. The number of aromatic nitrogens is 2. The summed E-state index contributed by atoms with van der Waals surface area (Å²) in [5.74, 6) is 1.04.